The first kappa shape index (κ1) is 8.49. The third-order valence-electron chi connectivity index (χ3n) is 1.90. The van der Waals surface area contributed by atoms with Gasteiger partial charge in [0.1, 0.15) is 6.10 Å². The Hall–Kier alpha value is -0.610. The van der Waals surface area contributed by atoms with Crippen molar-refractivity contribution >= 4 is 5.91 Å². The fourth-order valence-electron chi connectivity index (χ4n) is 1.27. The molecule has 1 aliphatic heterocycles. The summed E-state index contributed by atoms with van der Waals surface area (Å²) in [5.41, 5.74) is 0. The summed E-state index contributed by atoms with van der Waals surface area (Å²) >= 11 is 0. The van der Waals surface area contributed by atoms with Gasteiger partial charge in [0, 0.05) is 26.6 Å². The smallest absolute Gasteiger partial charge is 0.251 e. The number of aliphatic hydroxyl groups is 1. The maximum Gasteiger partial charge on any atom is 0.251 e. The first-order chi connectivity index (χ1) is 5.29. The molecule has 1 atom stereocenters. The molecule has 1 heterocycles. The van der Waals surface area contributed by atoms with Crippen LogP contribution in [0.3, 0.4) is 0 Å². The highest BCUT2D eigenvalue weighted by atomic mass is 16.5. The second-order valence-electron chi connectivity index (χ2n) is 2.56. The minimum atomic E-state index is -0.276. The van der Waals surface area contributed by atoms with E-state index in [1.54, 1.807) is 4.90 Å². The zero-order valence-electron chi connectivity index (χ0n) is 6.62. The molecule has 0 saturated carbocycles. The Morgan fingerprint density at radius 3 is 3.00 bits per heavy atom. The highest BCUT2D eigenvalue weighted by Gasteiger charge is 2.30. The Labute approximate surface area is 65.8 Å². The molecular weight excluding hydrogens is 146 g/mol. The highest BCUT2D eigenvalue weighted by Crippen LogP contribution is 2.12. The largest absolute Gasteiger partial charge is 0.395 e. The lowest BCUT2D eigenvalue weighted by Crippen LogP contribution is -2.32. The van der Waals surface area contributed by atoms with Crippen molar-refractivity contribution in [3.8, 4) is 0 Å². The van der Waals surface area contributed by atoms with Gasteiger partial charge in [-0.25, -0.2) is 0 Å². The first-order valence-corrected chi connectivity index (χ1v) is 3.72. The van der Waals surface area contributed by atoms with E-state index in [4.69, 9.17) is 9.84 Å². The van der Waals surface area contributed by atoms with Crippen LogP contribution in [0, 0.1) is 0 Å². The van der Waals surface area contributed by atoms with E-state index in [-0.39, 0.29) is 18.6 Å². The minimum Gasteiger partial charge on any atom is -0.395 e. The van der Waals surface area contributed by atoms with Crippen LogP contribution in [0.15, 0.2) is 0 Å². The summed E-state index contributed by atoms with van der Waals surface area (Å²) in [4.78, 5) is 12.8. The van der Waals surface area contributed by atoms with E-state index >= 15 is 0 Å². The number of nitrogens with zero attached hydrogens (tertiary/aromatic N) is 1. The van der Waals surface area contributed by atoms with Gasteiger partial charge in [-0.1, -0.05) is 0 Å². The van der Waals surface area contributed by atoms with Crippen LogP contribution in [0.4, 0.5) is 0 Å². The van der Waals surface area contributed by atoms with Gasteiger partial charge in [-0.05, 0) is 0 Å². The van der Waals surface area contributed by atoms with Gasteiger partial charge in [-0.2, -0.15) is 0 Å². The molecular formula is C7H13NO3. The van der Waals surface area contributed by atoms with Gasteiger partial charge in [0.25, 0.3) is 5.91 Å². The summed E-state index contributed by atoms with van der Waals surface area (Å²) in [6.07, 6.45) is 0.469. The summed E-state index contributed by atoms with van der Waals surface area (Å²) in [5, 5.41) is 8.57. The average Bonchev–Trinajstić information content (AvgIpc) is 2.34. The number of methoxy groups -OCH3 is 1. The quantitative estimate of drug-likeness (QED) is 0.588. The summed E-state index contributed by atoms with van der Waals surface area (Å²) in [5.74, 6) is 0.00144. The van der Waals surface area contributed by atoms with Crippen molar-refractivity contribution in [2.24, 2.45) is 0 Å². The Balaban J connectivity index is 2.42. The van der Waals surface area contributed by atoms with Gasteiger partial charge in [0.2, 0.25) is 0 Å². The summed E-state index contributed by atoms with van der Waals surface area (Å²) in [6.45, 7) is 1.17. The molecule has 1 aliphatic rings. The lowest BCUT2D eigenvalue weighted by molar-refractivity contribution is -0.136. The highest BCUT2D eigenvalue weighted by molar-refractivity contribution is 5.82. The third-order valence-corrected chi connectivity index (χ3v) is 1.90. The number of carbonyl (C=O) groups is 1. The molecule has 1 N–H and O–H groups in total. The molecule has 1 saturated heterocycles. The molecule has 0 bridgehead atoms. The van der Waals surface area contributed by atoms with Crippen molar-refractivity contribution in [1.29, 1.82) is 0 Å². The summed E-state index contributed by atoms with van der Waals surface area (Å²) in [6, 6.07) is 0. The molecule has 4 nitrogen and oxygen atoms in total. The first-order valence-electron chi connectivity index (χ1n) is 3.72. The lowest BCUT2D eigenvalue weighted by Gasteiger charge is -2.13. The predicted molar refractivity (Wildman–Crippen MR) is 39.1 cm³/mol. The van der Waals surface area contributed by atoms with Gasteiger partial charge in [0.15, 0.2) is 0 Å². The van der Waals surface area contributed by atoms with E-state index in [0.29, 0.717) is 13.1 Å². The number of β-amino-alcohol motifs (C(OH)–C–C–N with tert-alkyl or cyclic N) is 1. The lowest BCUT2D eigenvalue weighted by atomic mass is 10.3. The van der Waals surface area contributed by atoms with E-state index in [2.05, 4.69) is 0 Å². The van der Waals surface area contributed by atoms with E-state index in [9.17, 15) is 4.79 Å². The maximum absolute atomic E-state index is 11.2. The van der Waals surface area contributed by atoms with Crippen LogP contribution in [-0.2, 0) is 9.53 Å². The zero-order valence-corrected chi connectivity index (χ0v) is 6.62. The molecule has 0 radical (unpaired) electrons. The third kappa shape index (κ3) is 1.70. The number of carbonyl (C=O) groups excluding carboxylic acids is 1. The van der Waals surface area contributed by atoms with Gasteiger partial charge in [-0.15, -0.1) is 0 Å². The van der Waals surface area contributed by atoms with Crippen LogP contribution in [0.2, 0.25) is 0 Å². The molecule has 1 rings (SSSR count). The molecule has 0 unspecified atom stereocenters. The van der Waals surface area contributed by atoms with E-state index in [1.165, 1.54) is 7.11 Å². The molecule has 1 fully saturated rings. The Morgan fingerprint density at radius 2 is 2.55 bits per heavy atom. The number of hydrogen-bond donors (Lipinski definition) is 1. The Morgan fingerprint density at radius 1 is 1.82 bits per heavy atom. The molecule has 0 aromatic carbocycles. The van der Waals surface area contributed by atoms with Crippen LogP contribution < -0.4 is 0 Å². The number of aliphatic hydroxyl groups excluding tert-OH is 1. The number of likely N-dealkylation sites (tertiary alicyclic amines) is 1. The van der Waals surface area contributed by atoms with Crippen LogP contribution in [0.1, 0.15) is 6.42 Å². The molecule has 64 valence electrons. The normalized spacial score (nSPS) is 24.7. The second kappa shape index (κ2) is 3.69. The molecule has 0 aliphatic carbocycles. The number of rotatable bonds is 3. The Bertz CT molecular complexity index is 149. The van der Waals surface area contributed by atoms with Gasteiger partial charge in [-0.3, -0.25) is 4.79 Å². The number of amides is 1. The van der Waals surface area contributed by atoms with Gasteiger partial charge >= 0.3 is 0 Å². The van der Waals surface area contributed by atoms with E-state index in [0.717, 1.165) is 6.42 Å². The van der Waals surface area contributed by atoms with E-state index < -0.39 is 0 Å². The topological polar surface area (TPSA) is 49.8 Å². The molecule has 4 heteroatoms. The number of ether oxygens (including phenoxy) is 1. The van der Waals surface area contributed by atoms with Crippen molar-refractivity contribution < 1.29 is 14.6 Å². The zero-order chi connectivity index (χ0) is 8.27. The standard InChI is InChI=1S/C7H13NO3/c1-11-6-2-3-8(4-5-9)7(6)10/h6,9H,2-5H2,1H3/t6-/m1/s1. The van der Waals surface area contributed by atoms with Crippen molar-refractivity contribution in [2.75, 3.05) is 26.8 Å². The van der Waals surface area contributed by atoms with Crippen LogP contribution >= 0.6 is 0 Å². The van der Waals surface area contributed by atoms with Gasteiger partial charge in [0.05, 0.1) is 6.61 Å². The van der Waals surface area contributed by atoms with Gasteiger partial charge < -0.3 is 14.7 Å². The van der Waals surface area contributed by atoms with Crippen molar-refractivity contribution in [3.63, 3.8) is 0 Å². The molecule has 0 spiro atoms. The molecule has 0 aromatic rings. The molecule has 11 heavy (non-hydrogen) atoms. The van der Waals surface area contributed by atoms with Crippen LogP contribution in [0.5, 0.6) is 0 Å². The van der Waals surface area contributed by atoms with Crippen LogP contribution in [0.25, 0.3) is 0 Å². The molecule has 1 amide bonds. The second-order valence-corrected chi connectivity index (χ2v) is 2.56. The van der Waals surface area contributed by atoms with Crippen LogP contribution in [-0.4, -0.2) is 48.8 Å². The predicted octanol–water partition coefficient (Wildman–Crippen LogP) is -0.774. The summed E-state index contributed by atoms with van der Waals surface area (Å²) < 4.78 is 4.93. The average molecular weight is 159 g/mol. The fourth-order valence-corrected chi connectivity index (χ4v) is 1.27. The number of hydrogen-bond acceptors (Lipinski definition) is 3. The SMILES string of the molecule is CO[C@@H]1CCN(CCO)C1=O. The summed E-state index contributed by atoms with van der Waals surface area (Å²) in [7, 11) is 1.53. The van der Waals surface area contributed by atoms with Crippen molar-refractivity contribution in [1.82, 2.24) is 4.90 Å². The maximum atomic E-state index is 11.2. The Kier molecular flexibility index (Phi) is 2.84. The molecule has 0 aromatic heterocycles. The minimum absolute atomic E-state index is 0.00144. The van der Waals surface area contributed by atoms with Crippen molar-refractivity contribution in [3.05, 3.63) is 0 Å². The fraction of sp³-hybridized carbons (Fsp3) is 0.857. The monoisotopic (exact) mass is 159 g/mol. The van der Waals surface area contributed by atoms with Crippen molar-refractivity contribution in [2.45, 2.75) is 12.5 Å². The van der Waals surface area contributed by atoms with E-state index in [1.807, 2.05) is 0 Å².